The van der Waals surface area contributed by atoms with Gasteiger partial charge in [-0.3, -0.25) is 0 Å². The Bertz CT molecular complexity index is 1310. The third-order valence-electron chi connectivity index (χ3n) is 4.77. The first-order valence-electron chi connectivity index (χ1n) is 9.03. The van der Waals surface area contributed by atoms with Crippen molar-refractivity contribution in [3.63, 3.8) is 0 Å². The van der Waals surface area contributed by atoms with Crippen LogP contribution in [0.5, 0.6) is 5.75 Å². The zero-order valence-corrected chi connectivity index (χ0v) is 17.7. The summed E-state index contributed by atoms with van der Waals surface area (Å²) in [5, 5.41) is 4.99. The van der Waals surface area contributed by atoms with E-state index in [9.17, 15) is 43.5 Å². The fourth-order valence-corrected chi connectivity index (χ4v) is 3.79. The van der Waals surface area contributed by atoms with Crippen LogP contribution in [0.3, 0.4) is 0 Å². The second-order valence-corrected chi connectivity index (χ2v) is 8.54. The Hall–Kier alpha value is -3.19. The Morgan fingerprint density at radius 3 is 1.50 bits per heavy atom. The highest BCUT2D eigenvalue weighted by atomic mass is 32.2. The average molecular weight is 511 g/mol. The zero-order chi connectivity index (χ0) is 25.6. The fourth-order valence-electron chi connectivity index (χ4n) is 3.27. The van der Waals surface area contributed by atoms with Crippen LogP contribution < -0.4 is 9.88 Å². The number of ether oxygens (including phenoxy) is 1. The van der Waals surface area contributed by atoms with Crippen LogP contribution in [0.1, 0.15) is 11.1 Å². The van der Waals surface area contributed by atoms with E-state index >= 15 is 0 Å². The van der Waals surface area contributed by atoms with Crippen LogP contribution >= 0.6 is 0 Å². The molecule has 13 heteroatoms. The van der Waals surface area contributed by atoms with Crippen molar-refractivity contribution in [2.45, 2.75) is 17.2 Å². The monoisotopic (exact) mass is 511 g/mol. The molecule has 3 aromatic carbocycles. The fraction of sp³-hybridized carbons (Fsp3) is 0.143. The van der Waals surface area contributed by atoms with Crippen LogP contribution in [0.2, 0.25) is 0 Å². The number of methoxy groups -OCH3 is 1. The normalized spacial score (nSPS) is 12.6. The first-order valence-corrected chi connectivity index (χ1v) is 10.6. The van der Waals surface area contributed by atoms with Gasteiger partial charge in [-0.1, -0.05) is 12.1 Å². The summed E-state index contributed by atoms with van der Waals surface area (Å²) in [6.45, 7) is 0. The lowest BCUT2D eigenvalue weighted by molar-refractivity contribution is -0.145. The van der Waals surface area contributed by atoms with Gasteiger partial charge in [0.1, 0.15) is 5.75 Å². The molecule has 0 radical (unpaired) electrons. The number of halogens is 8. The van der Waals surface area contributed by atoms with E-state index in [1.165, 1.54) is 0 Å². The van der Waals surface area contributed by atoms with Crippen molar-refractivity contribution in [1.29, 1.82) is 0 Å². The van der Waals surface area contributed by atoms with Crippen molar-refractivity contribution in [3.05, 3.63) is 71.3 Å². The SMILES string of the molecule is COc1c(C(F)(F)F)cc(-c2cc(F)c(F)cc2-c2ccc(S(N)(=O)=O)cc2)cc1C(F)(F)F. The van der Waals surface area contributed by atoms with Crippen molar-refractivity contribution in [2.75, 3.05) is 7.11 Å². The molecule has 3 aromatic rings. The minimum absolute atomic E-state index is 0.0285. The van der Waals surface area contributed by atoms with Crippen LogP contribution in [0.4, 0.5) is 35.1 Å². The molecule has 0 bridgehead atoms. The van der Waals surface area contributed by atoms with E-state index in [1.54, 1.807) is 0 Å². The molecule has 4 nitrogen and oxygen atoms in total. The smallest absolute Gasteiger partial charge is 0.420 e. The molecule has 3 rings (SSSR count). The van der Waals surface area contributed by atoms with Crippen molar-refractivity contribution in [3.8, 4) is 28.0 Å². The standard InChI is InChI=1S/C21H13F8NO3S/c1-33-19-15(20(24,25)26)6-11(7-16(19)21(27,28)29)14-9-18(23)17(22)8-13(14)10-2-4-12(5-3-10)34(30,31)32/h2-9H,1H3,(H2,30,31,32). The lowest BCUT2D eigenvalue weighted by atomic mass is 9.91. The van der Waals surface area contributed by atoms with E-state index in [1.807, 2.05) is 0 Å². The Morgan fingerprint density at radius 1 is 0.735 bits per heavy atom. The summed E-state index contributed by atoms with van der Waals surface area (Å²) in [6.07, 6.45) is -10.6. The van der Waals surface area contributed by atoms with Gasteiger partial charge in [0.05, 0.1) is 23.1 Å². The molecule has 0 spiro atoms. The maximum absolute atomic E-state index is 14.1. The molecule has 2 N–H and O–H groups in total. The molecule has 182 valence electrons. The highest BCUT2D eigenvalue weighted by Gasteiger charge is 2.42. The highest BCUT2D eigenvalue weighted by Crippen LogP contribution is 2.47. The number of alkyl halides is 6. The minimum atomic E-state index is -5.28. The van der Waals surface area contributed by atoms with Crippen LogP contribution in [-0.2, 0) is 22.4 Å². The number of sulfonamides is 1. The molecule has 0 unspecified atom stereocenters. The Kier molecular flexibility index (Phi) is 6.39. The minimum Gasteiger partial charge on any atom is -0.495 e. The van der Waals surface area contributed by atoms with E-state index in [-0.39, 0.29) is 16.0 Å². The van der Waals surface area contributed by atoms with Crippen LogP contribution in [0.15, 0.2) is 53.4 Å². The van der Waals surface area contributed by atoms with E-state index in [2.05, 4.69) is 4.74 Å². The molecule has 0 saturated heterocycles. The first kappa shape index (κ1) is 25.4. The quantitative estimate of drug-likeness (QED) is 0.438. The summed E-state index contributed by atoms with van der Waals surface area (Å²) in [5.74, 6) is -4.45. The third kappa shape index (κ3) is 4.99. The van der Waals surface area contributed by atoms with Crippen LogP contribution in [0, 0.1) is 11.6 Å². The lowest BCUT2D eigenvalue weighted by Crippen LogP contribution is -2.14. The topological polar surface area (TPSA) is 69.4 Å². The third-order valence-corrected chi connectivity index (χ3v) is 5.70. The van der Waals surface area contributed by atoms with Crippen molar-refractivity contribution < 1.29 is 48.3 Å². The molecule has 0 aliphatic rings. The second-order valence-electron chi connectivity index (χ2n) is 6.98. The lowest BCUT2D eigenvalue weighted by Gasteiger charge is -2.20. The van der Waals surface area contributed by atoms with E-state index in [4.69, 9.17) is 5.14 Å². The summed E-state index contributed by atoms with van der Waals surface area (Å²) in [6, 6.07) is 5.83. The zero-order valence-electron chi connectivity index (χ0n) is 16.9. The molecule has 0 fully saturated rings. The summed E-state index contributed by atoms with van der Waals surface area (Å²) < 4.78 is 137. The largest absolute Gasteiger partial charge is 0.495 e. The summed E-state index contributed by atoms with van der Waals surface area (Å²) >= 11 is 0. The molecule has 0 heterocycles. The predicted molar refractivity (Wildman–Crippen MR) is 105 cm³/mol. The summed E-state index contributed by atoms with van der Waals surface area (Å²) in [4.78, 5) is -0.358. The molecule has 0 amide bonds. The van der Waals surface area contributed by atoms with Gasteiger partial charge in [-0.2, -0.15) is 26.3 Å². The number of hydrogen-bond donors (Lipinski definition) is 1. The maximum Gasteiger partial charge on any atom is 0.420 e. The first-order chi connectivity index (χ1) is 15.5. The van der Waals surface area contributed by atoms with E-state index in [0.717, 1.165) is 24.3 Å². The van der Waals surface area contributed by atoms with Gasteiger partial charge < -0.3 is 4.74 Å². The number of hydrogen-bond acceptors (Lipinski definition) is 3. The van der Waals surface area contributed by atoms with Crippen molar-refractivity contribution in [2.24, 2.45) is 5.14 Å². The van der Waals surface area contributed by atoms with Crippen LogP contribution in [0.25, 0.3) is 22.3 Å². The Morgan fingerprint density at radius 2 is 1.15 bits per heavy atom. The molecular weight excluding hydrogens is 498 g/mol. The highest BCUT2D eigenvalue weighted by molar-refractivity contribution is 7.89. The van der Waals surface area contributed by atoms with E-state index in [0.29, 0.717) is 31.4 Å². The van der Waals surface area contributed by atoms with Gasteiger partial charge in [0, 0.05) is 0 Å². The molecule has 34 heavy (non-hydrogen) atoms. The molecular formula is C21H13F8NO3S. The van der Waals surface area contributed by atoms with Gasteiger partial charge in [0.25, 0.3) is 0 Å². The molecule has 0 aromatic heterocycles. The van der Waals surface area contributed by atoms with Gasteiger partial charge >= 0.3 is 12.4 Å². The van der Waals surface area contributed by atoms with Crippen molar-refractivity contribution in [1.82, 2.24) is 0 Å². The van der Waals surface area contributed by atoms with Gasteiger partial charge in [-0.05, 0) is 58.7 Å². The van der Waals surface area contributed by atoms with Gasteiger partial charge in [-0.25, -0.2) is 22.3 Å². The number of benzene rings is 3. The summed E-state index contributed by atoms with van der Waals surface area (Å²) in [5.41, 5.74) is -5.13. The molecule has 0 aliphatic carbocycles. The van der Waals surface area contributed by atoms with Crippen LogP contribution in [-0.4, -0.2) is 15.5 Å². The van der Waals surface area contributed by atoms with Gasteiger partial charge in [0.15, 0.2) is 11.6 Å². The Balaban J connectivity index is 2.37. The van der Waals surface area contributed by atoms with Crippen molar-refractivity contribution >= 4 is 10.0 Å². The number of rotatable bonds is 4. The van der Waals surface area contributed by atoms with Gasteiger partial charge in [0.2, 0.25) is 10.0 Å². The summed E-state index contributed by atoms with van der Waals surface area (Å²) in [7, 11) is -3.49. The second kappa shape index (κ2) is 8.55. The number of nitrogens with two attached hydrogens (primary N) is 1. The maximum atomic E-state index is 14.1. The average Bonchev–Trinajstić information content (AvgIpc) is 2.72. The predicted octanol–water partition coefficient (Wildman–Crippen LogP) is 5.99. The molecule has 0 atom stereocenters. The number of primary sulfonamides is 1. The Labute approximate surface area is 187 Å². The molecule has 0 saturated carbocycles. The molecule has 0 aliphatic heterocycles. The van der Waals surface area contributed by atoms with E-state index < -0.39 is 62.0 Å². The van der Waals surface area contributed by atoms with Gasteiger partial charge in [-0.15, -0.1) is 0 Å².